The zero-order valence-electron chi connectivity index (χ0n) is 22.1. The number of carbonyl (C=O) groups excluding carboxylic acids is 1. The Morgan fingerprint density at radius 1 is 0.875 bits per heavy atom. The fourth-order valence-electron chi connectivity index (χ4n) is 4.77. The van der Waals surface area contributed by atoms with Crippen LogP contribution in [0, 0.1) is 11.3 Å². The molecule has 0 aliphatic carbocycles. The van der Waals surface area contributed by atoms with Crippen LogP contribution in [0.15, 0.2) is 107 Å². The minimum absolute atomic E-state index is 0.0610. The number of amides is 1. The van der Waals surface area contributed by atoms with Gasteiger partial charge in [0.15, 0.2) is 0 Å². The molecule has 4 aromatic carbocycles. The number of hydrogen-bond acceptors (Lipinski definition) is 4. The molecule has 5 rings (SSSR count). The summed E-state index contributed by atoms with van der Waals surface area (Å²) in [6.45, 7) is 2.54. The number of benzene rings is 4. The van der Waals surface area contributed by atoms with Crippen molar-refractivity contribution in [3.8, 4) is 11.8 Å². The minimum Gasteiger partial charge on any atom is -0.352 e. The predicted octanol–water partition coefficient (Wildman–Crippen LogP) is 4.61. The molecule has 7 nitrogen and oxygen atoms in total. The standard InChI is InChI=1S/C33H28N4O3/c1-2-23-12-15-28(16-13-23)37-32(39)29-17-14-25(31(38)35-19-18-24-8-4-3-5-9-24)20-30(29)36(33(37)40)22-27-11-7-6-10-26(27)21-34/h3-17,20H,2,18-19,22H2,1H3,(H,35,38). The first-order chi connectivity index (χ1) is 19.5. The zero-order valence-corrected chi connectivity index (χ0v) is 22.1. The molecule has 0 unspecified atom stereocenters. The van der Waals surface area contributed by atoms with Crippen LogP contribution in [0.3, 0.4) is 0 Å². The maximum absolute atomic E-state index is 13.9. The molecule has 0 spiro atoms. The molecular formula is C33H28N4O3. The lowest BCUT2D eigenvalue weighted by Gasteiger charge is -2.16. The van der Waals surface area contributed by atoms with Crippen LogP contribution in [0.4, 0.5) is 0 Å². The van der Waals surface area contributed by atoms with Gasteiger partial charge in [-0.3, -0.25) is 14.2 Å². The second kappa shape index (κ2) is 11.7. The lowest BCUT2D eigenvalue weighted by atomic mass is 10.1. The summed E-state index contributed by atoms with van der Waals surface area (Å²) in [7, 11) is 0. The van der Waals surface area contributed by atoms with Gasteiger partial charge in [-0.15, -0.1) is 0 Å². The second-order valence-corrected chi connectivity index (χ2v) is 9.52. The molecule has 1 aromatic heterocycles. The third-order valence-electron chi connectivity index (χ3n) is 7.02. The van der Waals surface area contributed by atoms with Crippen molar-refractivity contribution in [2.45, 2.75) is 26.3 Å². The number of nitrogens with one attached hydrogen (secondary N) is 1. The summed E-state index contributed by atoms with van der Waals surface area (Å²) in [5, 5.41) is 12.9. The number of fused-ring (bicyclic) bond motifs is 1. The van der Waals surface area contributed by atoms with Gasteiger partial charge < -0.3 is 5.32 Å². The van der Waals surface area contributed by atoms with E-state index in [1.54, 1.807) is 54.6 Å². The Bertz CT molecular complexity index is 1850. The highest BCUT2D eigenvalue weighted by atomic mass is 16.2. The highest BCUT2D eigenvalue weighted by Gasteiger charge is 2.18. The Morgan fingerprint density at radius 3 is 2.33 bits per heavy atom. The molecule has 40 heavy (non-hydrogen) atoms. The highest BCUT2D eigenvalue weighted by molar-refractivity contribution is 5.97. The van der Waals surface area contributed by atoms with E-state index in [1.807, 2.05) is 49.4 Å². The van der Waals surface area contributed by atoms with Crippen LogP contribution in [0.1, 0.15) is 39.5 Å². The van der Waals surface area contributed by atoms with Crippen molar-refractivity contribution in [2.75, 3.05) is 6.54 Å². The highest BCUT2D eigenvalue weighted by Crippen LogP contribution is 2.17. The lowest BCUT2D eigenvalue weighted by Crippen LogP contribution is -2.39. The van der Waals surface area contributed by atoms with E-state index in [1.165, 1.54) is 4.57 Å². The topological polar surface area (TPSA) is 96.9 Å². The van der Waals surface area contributed by atoms with E-state index in [-0.39, 0.29) is 12.5 Å². The summed E-state index contributed by atoms with van der Waals surface area (Å²) < 4.78 is 2.61. The Morgan fingerprint density at radius 2 is 1.60 bits per heavy atom. The molecule has 0 bridgehead atoms. The number of nitriles is 1. The number of carbonyl (C=O) groups is 1. The number of aromatic nitrogens is 2. The summed E-state index contributed by atoms with van der Waals surface area (Å²) in [5.74, 6) is -0.298. The molecule has 0 saturated heterocycles. The van der Waals surface area contributed by atoms with Crippen LogP contribution in [0.2, 0.25) is 0 Å². The third-order valence-corrected chi connectivity index (χ3v) is 7.02. The van der Waals surface area contributed by atoms with E-state index >= 15 is 0 Å². The SMILES string of the molecule is CCc1ccc(-n2c(=O)c3ccc(C(=O)NCCc4ccccc4)cc3n(Cc3ccccc3C#N)c2=O)cc1. The number of nitrogens with zero attached hydrogens (tertiary/aromatic N) is 3. The molecule has 0 radical (unpaired) electrons. The third kappa shape index (κ3) is 5.33. The molecule has 5 aromatic rings. The molecule has 1 amide bonds. The number of aryl methyl sites for hydroxylation is 1. The predicted molar refractivity (Wildman–Crippen MR) is 156 cm³/mol. The van der Waals surface area contributed by atoms with Crippen LogP contribution in [0.25, 0.3) is 16.6 Å². The molecule has 0 saturated carbocycles. The van der Waals surface area contributed by atoms with Crippen molar-refractivity contribution in [2.24, 2.45) is 0 Å². The molecule has 198 valence electrons. The van der Waals surface area contributed by atoms with Gasteiger partial charge in [0.2, 0.25) is 0 Å². The Hall–Kier alpha value is -5.22. The Labute approximate surface area is 231 Å². The first kappa shape index (κ1) is 26.4. The summed E-state index contributed by atoms with van der Waals surface area (Å²) >= 11 is 0. The van der Waals surface area contributed by atoms with E-state index in [0.29, 0.717) is 46.2 Å². The summed E-state index contributed by atoms with van der Waals surface area (Å²) in [6, 6.07) is 31.1. The van der Waals surface area contributed by atoms with Crippen molar-refractivity contribution in [3.05, 3.63) is 146 Å². The Balaban J connectivity index is 1.60. The summed E-state index contributed by atoms with van der Waals surface area (Å²) in [6.07, 6.45) is 1.51. The van der Waals surface area contributed by atoms with Gasteiger partial charge in [0.1, 0.15) is 0 Å². The van der Waals surface area contributed by atoms with Crippen molar-refractivity contribution in [3.63, 3.8) is 0 Å². The summed E-state index contributed by atoms with van der Waals surface area (Å²) in [4.78, 5) is 40.6. The normalized spacial score (nSPS) is 10.8. The van der Waals surface area contributed by atoms with Crippen molar-refractivity contribution >= 4 is 16.8 Å². The van der Waals surface area contributed by atoms with Gasteiger partial charge in [0.25, 0.3) is 11.5 Å². The van der Waals surface area contributed by atoms with Crippen molar-refractivity contribution in [1.29, 1.82) is 5.26 Å². The molecule has 0 atom stereocenters. The van der Waals surface area contributed by atoms with Crippen LogP contribution >= 0.6 is 0 Å². The second-order valence-electron chi connectivity index (χ2n) is 9.52. The largest absolute Gasteiger partial charge is 0.352 e. The van der Waals surface area contributed by atoms with Crippen molar-refractivity contribution < 1.29 is 4.79 Å². The molecule has 1 N–H and O–H groups in total. The van der Waals surface area contributed by atoms with Crippen LogP contribution < -0.4 is 16.6 Å². The van der Waals surface area contributed by atoms with E-state index in [4.69, 9.17) is 0 Å². The van der Waals surface area contributed by atoms with E-state index in [9.17, 15) is 19.6 Å². The smallest absolute Gasteiger partial charge is 0.336 e. The molecule has 1 heterocycles. The van der Waals surface area contributed by atoms with Gasteiger partial charge >= 0.3 is 5.69 Å². The van der Waals surface area contributed by atoms with Crippen LogP contribution in [0.5, 0.6) is 0 Å². The minimum atomic E-state index is -0.545. The zero-order chi connectivity index (χ0) is 28.1. The first-order valence-corrected chi connectivity index (χ1v) is 13.2. The molecule has 0 aliphatic rings. The molecule has 7 heteroatoms. The van der Waals surface area contributed by atoms with Gasteiger partial charge in [-0.1, -0.05) is 67.6 Å². The Kier molecular flexibility index (Phi) is 7.70. The first-order valence-electron chi connectivity index (χ1n) is 13.2. The van der Waals surface area contributed by atoms with Gasteiger partial charge in [-0.2, -0.15) is 5.26 Å². The van der Waals surface area contributed by atoms with E-state index < -0.39 is 11.2 Å². The molecule has 0 fully saturated rings. The average Bonchev–Trinajstić information content (AvgIpc) is 3.00. The van der Waals surface area contributed by atoms with Crippen molar-refractivity contribution in [1.82, 2.24) is 14.5 Å². The monoisotopic (exact) mass is 528 g/mol. The van der Waals surface area contributed by atoms with Gasteiger partial charge in [-0.05, 0) is 65.9 Å². The van der Waals surface area contributed by atoms with Crippen LogP contribution in [-0.4, -0.2) is 21.6 Å². The van der Waals surface area contributed by atoms with Gasteiger partial charge in [0, 0.05) is 12.1 Å². The lowest BCUT2D eigenvalue weighted by molar-refractivity contribution is 0.0954. The van der Waals surface area contributed by atoms with Gasteiger partial charge in [-0.25, -0.2) is 9.36 Å². The van der Waals surface area contributed by atoms with E-state index in [0.717, 1.165) is 22.1 Å². The average molecular weight is 529 g/mol. The molecule has 0 aliphatic heterocycles. The maximum Gasteiger partial charge on any atom is 0.336 e. The fourth-order valence-corrected chi connectivity index (χ4v) is 4.77. The maximum atomic E-state index is 13.9. The fraction of sp³-hybridized carbons (Fsp3) is 0.152. The summed E-state index contributed by atoms with van der Waals surface area (Å²) in [5.41, 5.74) is 3.38. The number of hydrogen-bond donors (Lipinski definition) is 1. The quantitative estimate of drug-likeness (QED) is 0.318. The molecular weight excluding hydrogens is 500 g/mol. The number of rotatable bonds is 8. The van der Waals surface area contributed by atoms with Crippen LogP contribution in [-0.2, 0) is 19.4 Å². The van der Waals surface area contributed by atoms with Gasteiger partial charge in [0.05, 0.1) is 34.8 Å². The van der Waals surface area contributed by atoms with E-state index in [2.05, 4.69) is 11.4 Å².